The Morgan fingerprint density at radius 3 is 2.57 bits per heavy atom. The first kappa shape index (κ1) is 16.2. The first-order chi connectivity index (χ1) is 9.83. The summed E-state index contributed by atoms with van der Waals surface area (Å²) >= 11 is 0. The fourth-order valence-corrected chi connectivity index (χ4v) is 4.26. The topological polar surface area (TPSA) is 75.4 Å². The zero-order chi connectivity index (χ0) is 15.6. The van der Waals surface area contributed by atoms with E-state index in [0.717, 1.165) is 19.2 Å². The third kappa shape index (κ3) is 3.53. The van der Waals surface area contributed by atoms with Crippen LogP contribution in [0.3, 0.4) is 0 Å². The van der Waals surface area contributed by atoms with E-state index in [1.54, 1.807) is 6.92 Å². The van der Waals surface area contributed by atoms with Gasteiger partial charge in [0, 0.05) is 13.1 Å². The molecule has 118 valence electrons. The highest BCUT2D eigenvalue weighted by molar-refractivity contribution is 7.89. The van der Waals surface area contributed by atoms with E-state index in [0.29, 0.717) is 18.7 Å². The lowest BCUT2D eigenvalue weighted by atomic mass is 10.1. The van der Waals surface area contributed by atoms with E-state index in [-0.39, 0.29) is 16.1 Å². The molecule has 1 aromatic rings. The van der Waals surface area contributed by atoms with Crippen LogP contribution in [-0.4, -0.2) is 39.5 Å². The van der Waals surface area contributed by atoms with Crippen LogP contribution in [-0.2, 0) is 10.0 Å². The van der Waals surface area contributed by atoms with Crippen molar-refractivity contribution in [3.63, 3.8) is 0 Å². The highest BCUT2D eigenvalue weighted by atomic mass is 32.2. The Balaban J connectivity index is 2.14. The lowest BCUT2D eigenvalue weighted by molar-refractivity contribution is 0.344. The van der Waals surface area contributed by atoms with Gasteiger partial charge in [-0.15, -0.1) is 0 Å². The Bertz CT molecular complexity index is 626. The molecule has 2 rings (SSSR count). The van der Waals surface area contributed by atoms with Crippen molar-refractivity contribution in [2.75, 3.05) is 31.9 Å². The predicted molar refractivity (Wildman–Crippen MR) is 81.1 cm³/mol. The van der Waals surface area contributed by atoms with E-state index in [1.807, 2.05) is 0 Å². The standard InChI is InChI=1S/C14H22FN3O2S/c1-10-9-12(15)13(16)11(2)14(10)21(19,20)17-5-8-18-6-3-4-7-18/h9,17H,3-8,16H2,1-2H3. The molecule has 3 N–H and O–H groups in total. The van der Waals surface area contributed by atoms with E-state index >= 15 is 0 Å². The maximum atomic E-state index is 13.5. The smallest absolute Gasteiger partial charge is 0.241 e. The van der Waals surface area contributed by atoms with Crippen molar-refractivity contribution in [3.8, 4) is 0 Å². The molecule has 1 heterocycles. The Hall–Kier alpha value is -1.18. The van der Waals surface area contributed by atoms with Gasteiger partial charge in [-0.3, -0.25) is 0 Å². The molecule has 1 saturated heterocycles. The lowest BCUT2D eigenvalue weighted by Gasteiger charge is -2.17. The highest BCUT2D eigenvalue weighted by Crippen LogP contribution is 2.27. The van der Waals surface area contributed by atoms with Gasteiger partial charge in [0.2, 0.25) is 10.0 Å². The summed E-state index contributed by atoms with van der Waals surface area (Å²) in [5.74, 6) is -0.582. The van der Waals surface area contributed by atoms with E-state index in [4.69, 9.17) is 5.73 Å². The van der Waals surface area contributed by atoms with Crippen molar-refractivity contribution >= 4 is 15.7 Å². The second kappa shape index (κ2) is 6.29. The Morgan fingerprint density at radius 1 is 1.33 bits per heavy atom. The largest absolute Gasteiger partial charge is 0.396 e. The van der Waals surface area contributed by atoms with Crippen LogP contribution >= 0.6 is 0 Å². The third-order valence-corrected chi connectivity index (χ3v) is 5.64. The van der Waals surface area contributed by atoms with Crippen LogP contribution in [0, 0.1) is 19.7 Å². The van der Waals surface area contributed by atoms with Gasteiger partial charge in [-0.1, -0.05) is 0 Å². The van der Waals surface area contributed by atoms with Crippen LogP contribution in [0.15, 0.2) is 11.0 Å². The van der Waals surface area contributed by atoms with E-state index in [2.05, 4.69) is 9.62 Å². The van der Waals surface area contributed by atoms with Gasteiger partial charge in [-0.2, -0.15) is 0 Å². The second-order valence-corrected chi connectivity index (χ2v) is 7.19. The van der Waals surface area contributed by atoms with Crippen LogP contribution in [0.25, 0.3) is 0 Å². The minimum atomic E-state index is -3.68. The number of hydrogen-bond donors (Lipinski definition) is 2. The molecule has 0 atom stereocenters. The van der Waals surface area contributed by atoms with Gasteiger partial charge in [-0.05, 0) is 57.0 Å². The number of nitrogens with two attached hydrogens (primary N) is 1. The van der Waals surface area contributed by atoms with Crippen LogP contribution in [0.1, 0.15) is 24.0 Å². The molecule has 5 nitrogen and oxygen atoms in total. The fourth-order valence-electron chi connectivity index (χ4n) is 2.76. The van der Waals surface area contributed by atoms with Crippen molar-refractivity contribution in [1.29, 1.82) is 0 Å². The summed E-state index contributed by atoms with van der Waals surface area (Å²) in [6.45, 7) is 6.17. The summed E-state index contributed by atoms with van der Waals surface area (Å²) in [5, 5.41) is 0. The zero-order valence-corrected chi connectivity index (χ0v) is 13.3. The molecule has 0 bridgehead atoms. The second-order valence-electron chi connectivity index (χ2n) is 5.49. The monoisotopic (exact) mass is 315 g/mol. The number of nitrogens with one attached hydrogen (secondary N) is 1. The number of sulfonamides is 1. The van der Waals surface area contributed by atoms with E-state index < -0.39 is 15.8 Å². The van der Waals surface area contributed by atoms with Gasteiger partial charge in [0.15, 0.2) is 0 Å². The van der Waals surface area contributed by atoms with Crippen molar-refractivity contribution in [1.82, 2.24) is 9.62 Å². The van der Waals surface area contributed by atoms with Gasteiger partial charge in [0.1, 0.15) is 5.82 Å². The SMILES string of the molecule is Cc1cc(F)c(N)c(C)c1S(=O)(=O)NCCN1CCCC1. The van der Waals surface area contributed by atoms with Crippen LogP contribution in [0.2, 0.25) is 0 Å². The Labute approximate surface area is 125 Å². The van der Waals surface area contributed by atoms with Gasteiger partial charge in [-0.25, -0.2) is 17.5 Å². The number of anilines is 1. The number of benzene rings is 1. The molecule has 0 amide bonds. The number of rotatable bonds is 5. The summed E-state index contributed by atoms with van der Waals surface area (Å²) in [6.07, 6.45) is 2.33. The molecular formula is C14H22FN3O2S. The maximum absolute atomic E-state index is 13.5. The summed E-state index contributed by atoms with van der Waals surface area (Å²) < 4.78 is 40.9. The minimum Gasteiger partial charge on any atom is -0.396 e. The number of nitrogen functional groups attached to an aromatic ring is 1. The molecule has 1 aliphatic rings. The first-order valence-electron chi connectivity index (χ1n) is 7.10. The number of likely N-dealkylation sites (tertiary alicyclic amines) is 1. The molecule has 21 heavy (non-hydrogen) atoms. The quantitative estimate of drug-likeness (QED) is 0.805. The normalized spacial score (nSPS) is 16.5. The number of hydrogen-bond acceptors (Lipinski definition) is 4. The molecule has 0 aliphatic carbocycles. The number of nitrogens with zero attached hydrogens (tertiary/aromatic N) is 1. The molecule has 1 aliphatic heterocycles. The maximum Gasteiger partial charge on any atom is 0.241 e. The number of halogens is 1. The van der Waals surface area contributed by atoms with Gasteiger partial charge >= 0.3 is 0 Å². The van der Waals surface area contributed by atoms with Crippen molar-refractivity contribution in [2.45, 2.75) is 31.6 Å². The van der Waals surface area contributed by atoms with Gasteiger partial charge in [0.05, 0.1) is 10.6 Å². The summed E-state index contributed by atoms with van der Waals surface area (Å²) in [4.78, 5) is 2.31. The van der Waals surface area contributed by atoms with E-state index in [9.17, 15) is 12.8 Å². The summed E-state index contributed by atoms with van der Waals surface area (Å²) in [5.41, 5.74) is 6.12. The zero-order valence-electron chi connectivity index (χ0n) is 12.4. The molecule has 0 radical (unpaired) electrons. The van der Waals surface area contributed by atoms with Crippen molar-refractivity contribution < 1.29 is 12.8 Å². The molecular weight excluding hydrogens is 293 g/mol. The molecule has 1 aromatic carbocycles. The fraction of sp³-hybridized carbons (Fsp3) is 0.571. The summed E-state index contributed by atoms with van der Waals surface area (Å²) in [7, 11) is -3.68. The summed E-state index contributed by atoms with van der Waals surface area (Å²) in [6, 6.07) is 1.16. The Morgan fingerprint density at radius 2 is 1.95 bits per heavy atom. The molecule has 0 spiro atoms. The van der Waals surface area contributed by atoms with Crippen LogP contribution in [0.5, 0.6) is 0 Å². The van der Waals surface area contributed by atoms with E-state index in [1.165, 1.54) is 19.8 Å². The van der Waals surface area contributed by atoms with Crippen molar-refractivity contribution in [2.24, 2.45) is 0 Å². The van der Waals surface area contributed by atoms with Crippen LogP contribution in [0.4, 0.5) is 10.1 Å². The minimum absolute atomic E-state index is 0.0859. The molecule has 1 fully saturated rings. The van der Waals surface area contributed by atoms with Crippen molar-refractivity contribution in [3.05, 3.63) is 23.0 Å². The average molecular weight is 315 g/mol. The average Bonchev–Trinajstić information content (AvgIpc) is 2.88. The Kier molecular flexibility index (Phi) is 4.85. The molecule has 7 heteroatoms. The molecule has 0 aromatic heterocycles. The third-order valence-electron chi connectivity index (χ3n) is 3.89. The first-order valence-corrected chi connectivity index (χ1v) is 8.58. The molecule has 0 saturated carbocycles. The molecule has 0 unspecified atom stereocenters. The lowest BCUT2D eigenvalue weighted by Crippen LogP contribution is -2.34. The predicted octanol–water partition coefficient (Wildman–Crippen LogP) is 1.40. The van der Waals surface area contributed by atoms with Gasteiger partial charge < -0.3 is 10.6 Å². The van der Waals surface area contributed by atoms with Crippen LogP contribution < -0.4 is 10.5 Å². The number of aryl methyl sites for hydroxylation is 1. The highest BCUT2D eigenvalue weighted by Gasteiger charge is 2.23. The van der Waals surface area contributed by atoms with Gasteiger partial charge in [0.25, 0.3) is 0 Å².